The van der Waals surface area contributed by atoms with Crippen molar-refractivity contribution in [2.45, 2.75) is 19.8 Å². The van der Waals surface area contributed by atoms with Crippen molar-refractivity contribution >= 4 is 17.3 Å². The molecular formula is C13H16N2O4. The molecule has 1 aliphatic heterocycles. The van der Waals surface area contributed by atoms with Crippen molar-refractivity contribution in [1.82, 2.24) is 0 Å². The second-order valence-electron chi connectivity index (χ2n) is 4.96. The third-order valence-electron chi connectivity index (χ3n) is 3.42. The third kappa shape index (κ3) is 2.83. The van der Waals surface area contributed by atoms with Crippen molar-refractivity contribution < 1.29 is 14.8 Å². The minimum Gasteiger partial charge on any atom is -0.478 e. The number of carbonyl (C=O) groups is 1. The highest BCUT2D eigenvalue weighted by Gasteiger charge is 2.24. The van der Waals surface area contributed by atoms with Gasteiger partial charge in [0.2, 0.25) is 0 Å². The molecule has 102 valence electrons. The molecule has 0 bridgehead atoms. The average molecular weight is 264 g/mol. The molecule has 0 saturated carbocycles. The monoisotopic (exact) mass is 264 g/mol. The largest absolute Gasteiger partial charge is 0.478 e. The van der Waals surface area contributed by atoms with Crippen molar-refractivity contribution in [1.29, 1.82) is 0 Å². The van der Waals surface area contributed by atoms with Crippen LogP contribution in [0, 0.1) is 16.0 Å². The topological polar surface area (TPSA) is 83.7 Å². The van der Waals surface area contributed by atoms with Gasteiger partial charge in [-0.25, -0.2) is 4.79 Å². The fourth-order valence-electron chi connectivity index (χ4n) is 2.48. The second kappa shape index (κ2) is 5.26. The zero-order valence-electron chi connectivity index (χ0n) is 10.7. The highest BCUT2D eigenvalue weighted by molar-refractivity contribution is 5.89. The predicted molar refractivity (Wildman–Crippen MR) is 70.7 cm³/mol. The summed E-state index contributed by atoms with van der Waals surface area (Å²) in [5.74, 6) is -0.658. The number of rotatable bonds is 3. The van der Waals surface area contributed by atoms with Gasteiger partial charge in [-0.2, -0.15) is 0 Å². The van der Waals surface area contributed by atoms with Crippen LogP contribution in [0.2, 0.25) is 0 Å². The summed E-state index contributed by atoms with van der Waals surface area (Å²) in [5, 5.41) is 20.0. The first-order valence-electron chi connectivity index (χ1n) is 6.25. The molecule has 1 aromatic carbocycles. The van der Waals surface area contributed by atoms with E-state index in [4.69, 9.17) is 5.11 Å². The van der Waals surface area contributed by atoms with Gasteiger partial charge in [0, 0.05) is 19.2 Å². The van der Waals surface area contributed by atoms with Crippen LogP contribution in [0.25, 0.3) is 0 Å². The minimum atomic E-state index is -1.15. The molecule has 1 unspecified atom stereocenters. The third-order valence-corrected chi connectivity index (χ3v) is 3.42. The second-order valence-corrected chi connectivity index (χ2v) is 4.96. The summed E-state index contributed by atoms with van der Waals surface area (Å²) in [7, 11) is 0. The van der Waals surface area contributed by atoms with E-state index in [0.717, 1.165) is 32.0 Å². The van der Waals surface area contributed by atoms with E-state index in [1.807, 2.05) is 4.90 Å². The molecule has 1 N–H and O–H groups in total. The van der Waals surface area contributed by atoms with E-state index < -0.39 is 10.9 Å². The van der Waals surface area contributed by atoms with Crippen LogP contribution in [-0.4, -0.2) is 29.1 Å². The molecule has 19 heavy (non-hydrogen) atoms. The van der Waals surface area contributed by atoms with Gasteiger partial charge in [0.05, 0.1) is 10.5 Å². The van der Waals surface area contributed by atoms with Crippen LogP contribution < -0.4 is 4.90 Å². The van der Waals surface area contributed by atoms with E-state index in [2.05, 4.69) is 6.92 Å². The number of hydrogen-bond acceptors (Lipinski definition) is 4. The number of carboxylic acids is 1. The molecule has 0 aliphatic carbocycles. The van der Waals surface area contributed by atoms with Crippen molar-refractivity contribution in [2.75, 3.05) is 18.0 Å². The molecule has 1 heterocycles. The van der Waals surface area contributed by atoms with Gasteiger partial charge in [0.15, 0.2) is 0 Å². The number of anilines is 1. The number of carboxylic acid groups (broad SMARTS) is 1. The summed E-state index contributed by atoms with van der Waals surface area (Å²) in [4.78, 5) is 23.4. The van der Waals surface area contributed by atoms with Gasteiger partial charge in [-0.1, -0.05) is 6.92 Å². The number of nitro groups is 1. The summed E-state index contributed by atoms with van der Waals surface area (Å²) < 4.78 is 0. The Morgan fingerprint density at radius 3 is 2.84 bits per heavy atom. The lowest BCUT2D eigenvalue weighted by atomic mass is 9.99. The molecular weight excluding hydrogens is 248 g/mol. The van der Waals surface area contributed by atoms with E-state index >= 15 is 0 Å². The van der Waals surface area contributed by atoms with Crippen LogP contribution >= 0.6 is 0 Å². The molecule has 1 aromatic rings. The number of nitro benzene ring substituents is 1. The van der Waals surface area contributed by atoms with E-state index in [0.29, 0.717) is 11.6 Å². The Morgan fingerprint density at radius 2 is 2.26 bits per heavy atom. The lowest BCUT2D eigenvalue weighted by molar-refractivity contribution is -0.384. The van der Waals surface area contributed by atoms with Gasteiger partial charge in [0.1, 0.15) is 5.69 Å². The summed E-state index contributed by atoms with van der Waals surface area (Å²) in [6, 6.07) is 4.10. The first kappa shape index (κ1) is 13.3. The Balaban J connectivity index is 2.38. The van der Waals surface area contributed by atoms with Gasteiger partial charge in [-0.15, -0.1) is 0 Å². The highest BCUT2D eigenvalue weighted by atomic mass is 16.6. The molecule has 1 aliphatic rings. The van der Waals surface area contributed by atoms with Crippen LogP contribution in [0.1, 0.15) is 30.1 Å². The van der Waals surface area contributed by atoms with E-state index in [1.165, 1.54) is 6.07 Å². The molecule has 1 atom stereocenters. The maximum Gasteiger partial charge on any atom is 0.335 e. The number of nitrogens with zero attached hydrogens (tertiary/aromatic N) is 2. The van der Waals surface area contributed by atoms with Crippen molar-refractivity contribution in [3.05, 3.63) is 33.9 Å². The number of benzene rings is 1. The fraction of sp³-hybridized carbons (Fsp3) is 0.462. The molecule has 6 heteroatoms. The molecule has 2 rings (SSSR count). The summed E-state index contributed by atoms with van der Waals surface area (Å²) in [6.07, 6.45) is 2.12. The van der Waals surface area contributed by atoms with Crippen LogP contribution in [-0.2, 0) is 0 Å². The Bertz CT molecular complexity index is 515. The van der Waals surface area contributed by atoms with Gasteiger partial charge in [0.25, 0.3) is 5.69 Å². The summed E-state index contributed by atoms with van der Waals surface area (Å²) >= 11 is 0. The average Bonchev–Trinajstić information content (AvgIpc) is 2.37. The summed E-state index contributed by atoms with van der Waals surface area (Å²) in [5.41, 5.74) is 0.330. The minimum absolute atomic E-state index is 0.0551. The molecule has 0 aromatic heterocycles. The van der Waals surface area contributed by atoms with E-state index in [1.54, 1.807) is 6.07 Å². The van der Waals surface area contributed by atoms with Gasteiger partial charge in [-0.3, -0.25) is 10.1 Å². The van der Waals surface area contributed by atoms with Crippen LogP contribution in [0.15, 0.2) is 18.2 Å². The lowest BCUT2D eigenvalue weighted by Gasteiger charge is -2.32. The van der Waals surface area contributed by atoms with Crippen LogP contribution in [0.5, 0.6) is 0 Å². The smallest absolute Gasteiger partial charge is 0.335 e. The van der Waals surface area contributed by atoms with Crippen molar-refractivity contribution in [2.24, 2.45) is 5.92 Å². The maximum absolute atomic E-state index is 11.1. The van der Waals surface area contributed by atoms with Gasteiger partial charge >= 0.3 is 5.97 Å². The fourth-order valence-corrected chi connectivity index (χ4v) is 2.48. The zero-order valence-corrected chi connectivity index (χ0v) is 10.7. The quantitative estimate of drug-likeness (QED) is 0.670. The SMILES string of the molecule is CC1CCCN(c2ccc(C(=O)O)cc2[N+](=O)[O-])C1. The summed E-state index contributed by atoms with van der Waals surface area (Å²) in [6.45, 7) is 3.66. The van der Waals surface area contributed by atoms with E-state index in [-0.39, 0.29) is 11.3 Å². The standard InChI is InChI=1S/C13H16N2O4/c1-9-3-2-6-14(8-9)11-5-4-10(13(16)17)7-12(11)15(18)19/h4-5,7,9H,2-3,6,8H2,1H3,(H,16,17). The van der Waals surface area contributed by atoms with Crippen LogP contribution in [0.3, 0.4) is 0 Å². The predicted octanol–water partition coefficient (Wildman–Crippen LogP) is 2.53. The molecule has 0 spiro atoms. The Kier molecular flexibility index (Phi) is 3.69. The van der Waals surface area contributed by atoms with Crippen LogP contribution in [0.4, 0.5) is 11.4 Å². The Hall–Kier alpha value is -2.11. The Morgan fingerprint density at radius 1 is 1.53 bits per heavy atom. The van der Waals surface area contributed by atoms with Gasteiger partial charge in [-0.05, 0) is 30.9 Å². The highest BCUT2D eigenvalue weighted by Crippen LogP contribution is 2.32. The molecule has 0 radical (unpaired) electrons. The van der Waals surface area contributed by atoms with Gasteiger partial charge < -0.3 is 10.0 Å². The van der Waals surface area contributed by atoms with Crippen molar-refractivity contribution in [3.63, 3.8) is 0 Å². The molecule has 1 fully saturated rings. The number of aromatic carboxylic acids is 1. The number of hydrogen-bond donors (Lipinski definition) is 1. The van der Waals surface area contributed by atoms with E-state index in [9.17, 15) is 14.9 Å². The molecule has 1 saturated heterocycles. The first-order chi connectivity index (χ1) is 8.99. The normalized spacial score (nSPS) is 19.2. The zero-order chi connectivity index (χ0) is 14.0. The number of piperidine rings is 1. The maximum atomic E-state index is 11.1. The van der Waals surface area contributed by atoms with Crippen molar-refractivity contribution in [3.8, 4) is 0 Å². The lowest BCUT2D eigenvalue weighted by Crippen LogP contribution is -2.34. The first-order valence-corrected chi connectivity index (χ1v) is 6.25. The Labute approximate surface area is 110 Å². The molecule has 6 nitrogen and oxygen atoms in total. The molecule has 0 amide bonds.